The Hall–Kier alpha value is -1.64. The minimum Gasteiger partial charge on any atom is -0.508 e. The monoisotopic (exact) mass is 178 g/mol. The van der Waals surface area contributed by atoms with Crippen LogP contribution in [0.5, 0.6) is 17.2 Å². The Morgan fingerprint density at radius 3 is 3.08 bits per heavy atom. The van der Waals surface area contributed by atoms with Crippen LogP contribution >= 0.6 is 0 Å². The van der Waals surface area contributed by atoms with E-state index in [1.807, 2.05) is 0 Å². The van der Waals surface area contributed by atoms with Crippen molar-refractivity contribution in [3.05, 3.63) is 30.4 Å². The second-order valence-electron chi connectivity index (χ2n) is 2.79. The molecule has 1 aliphatic heterocycles. The normalized spacial score (nSPS) is 12.9. The molecule has 0 saturated heterocycles. The highest BCUT2D eigenvalue weighted by molar-refractivity contribution is 5.55. The van der Waals surface area contributed by atoms with E-state index in [-0.39, 0.29) is 12.5 Å². The summed E-state index contributed by atoms with van der Waals surface area (Å²) in [5.41, 5.74) is 0.741. The summed E-state index contributed by atoms with van der Waals surface area (Å²) < 4.78 is 10.4. The molecule has 68 valence electrons. The highest BCUT2D eigenvalue weighted by Crippen LogP contribution is 2.40. The van der Waals surface area contributed by atoms with Crippen LogP contribution in [0.3, 0.4) is 0 Å². The minimum atomic E-state index is 0.225. The molecule has 0 spiro atoms. The second-order valence-corrected chi connectivity index (χ2v) is 2.79. The van der Waals surface area contributed by atoms with Crippen LogP contribution < -0.4 is 9.47 Å². The zero-order valence-electron chi connectivity index (χ0n) is 7.12. The van der Waals surface area contributed by atoms with E-state index in [0.717, 1.165) is 5.56 Å². The standard InChI is InChI=1S/C10H10O3/c1-2-3-7-8(11)4-5-9-10(7)13-6-12-9/h2,4-5,11H,1,3,6H2. The number of phenols is 1. The van der Waals surface area contributed by atoms with Gasteiger partial charge in [0, 0.05) is 5.56 Å². The number of benzene rings is 1. The first-order valence-electron chi connectivity index (χ1n) is 4.04. The summed E-state index contributed by atoms with van der Waals surface area (Å²) in [6.07, 6.45) is 2.30. The Bertz CT molecular complexity index is 344. The maximum Gasteiger partial charge on any atom is 0.231 e. The number of hydrogen-bond acceptors (Lipinski definition) is 3. The molecule has 1 aromatic carbocycles. The number of fused-ring (bicyclic) bond motifs is 1. The van der Waals surface area contributed by atoms with E-state index in [9.17, 15) is 5.11 Å². The number of allylic oxidation sites excluding steroid dienone is 1. The highest BCUT2D eigenvalue weighted by Gasteiger charge is 2.19. The van der Waals surface area contributed by atoms with Gasteiger partial charge in [0.25, 0.3) is 0 Å². The van der Waals surface area contributed by atoms with E-state index in [1.54, 1.807) is 18.2 Å². The molecule has 2 rings (SSSR count). The van der Waals surface area contributed by atoms with Gasteiger partial charge < -0.3 is 14.6 Å². The van der Waals surface area contributed by atoms with Gasteiger partial charge in [-0.2, -0.15) is 0 Å². The molecule has 0 radical (unpaired) electrons. The summed E-state index contributed by atoms with van der Waals surface area (Å²) in [6.45, 7) is 3.84. The molecule has 0 saturated carbocycles. The van der Waals surface area contributed by atoms with Crippen LogP contribution in [0.2, 0.25) is 0 Å². The molecule has 13 heavy (non-hydrogen) atoms. The fraction of sp³-hybridized carbons (Fsp3) is 0.200. The molecule has 1 aromatic rings. The molecule has 0 aliphatic carbocycles. The lowest BCUT2D eigenvalue weighted by Gasteiger charge is -2.05. The molecular weight excluding hydrogens is 168 g/mol. The van der Waals surface area contributed by atoms with E-state index >= 15 is 0 Å². The summed E-state index contributed by atoms with van der Waals surface area (Å²) in [5, 5.41) is 9.52. The van der Waals surface area contributed by atoms with Gasteiger partial charge in [-0.1, -0.05) is 6.08 Å². The number of aromatic hydroxyl groups is 1. The van der Waals surface area contributed by atoms with E-state index in [1.165, 1.54) is 0 Å². The Morgan fingerprint density at radius 2 is 2.31 bits per heavy atom. The molecule has 3 nitrogen and oxygen atoms in total. The maximum absolute atomic E-state index is 9.52. The first kappa shape index (κ1) is 7.98. The van der Waals surface area contributed by atoms with E-state index in [0.29, 0.717) is 17.9 Å². The van der Waals surface area contributed by atoms with Crippen molar-refractivity contribution in [3.63, 3.8) is 0 Å². The smallest absolute Gasteiger partial charge is 0.231 e. The van der Waals surface area contributed by atoms with Crippen LogP contribution in [0.15, 0.2) is 24.8 Å². The van der Waals surface area contributed by atoms with E-state index in [2.05, 4.69) is 6.58 Å². The number of ether oxygens (including phenoxy) is 2. The maximum atomic E-state index is 9.52. The van der Waals surface area contributed by atoms with Crippen LogP contribution in [0.25, 0.3) is 0 Å². The van der Waals surface area contributed by atoms with Crippen molar-refractivity contribution in [2.75, 3.05) is 6.79 Å². The molecule has 0 fully saturated rings. The summed E-state index contributed by atoms with van der Waals surface area (Å²) >= 11 is 0. The number of phenolic OH excluding ortho intramolecular Hbond substituents is 1. The van der Waals surface area contributed by atoms with Gasteiger partial charge in [0.15, 0.2) is 11.5 Å². The molecule has 0 aromatic heterocycles. The molecule has 0 atom stereocenters. The first-order chi connectivity index (χ1) is 6.33. The van der Waals surface area contributed by atoms with Gasteiger partial charge in [-0.3, -0.25) is 0 Å². The largest absolute Gasteiger partial charge is 0.508 e. The summed E-state index contributed by atoms with van der Waals surface area (Å²) in [4.78, 5) is 0. The highest BCUT2D eigenvalue weighted by atomic mass is 16.7. The third-order valence-corrected chi connectivity index (χ3v) is 1.97. The third kappa shape index (κ3) is 1.22. The zero-order valence-corrected chi connectivity index (χ0v) is 7.12. The van der Waals surface area contributed by atoms with Crippen LogP contribution in [-0.2, 0) is 6.42 Å². The van der Waals surface area contributed by atoms with Crippen LogP contribution in [0.1, 0.15) is 5.56 Å². The van der Waals surface area contributed by atoms with Crippen molar-refractivity contribution in [2.24, 2.45) is 0 Å². The Morgan fingerprint density at radius 1 is 1.46 bits per heavy atom. The van der Waals surface area contributed by atoms with Crippen molar-refractivity contribution in [3.8, 4) is 17.2 Å². The molecule has 0 amide bonds. The van der Waals surface area contributed by atoms with Crippen molar-refractivity contribution in [1.82, 2.24) is 0 Å². The topological polar surface area (TPSA) is 38.7 Å². The third-order valence-electron chi connectivity index (χ3n) is 1.97. The average Bonchev–Trinajstić information content (AvgIpc) is 2.58. The second kappa shape index (κ2) is 3.01. The lowest BCUT2D eigenvalue weighted by atomic mass is 10.1. The van der Waals surface area contributed by atoms with Crippen molar-refractivity contribution in [1.29, 1.82) is 0 Å². The number of hydrogen-bond donors (Lipinski definition) is 1. The Balaban J connectivity index is 2.51. The summed E-state index contributed by atoms with van der Waals surface area (Å²) in [5.74, 6) is 1.55. The van der Waals surface area contributed by atoms with E-state index < -0.39 is 0 Å². The van der Waals surface area contributed by atoms with Gasteiger partial charge >= 0.3 is 0 Å². The van der Waals surface area contributed by atoms with E-state index in [4.69, 9.17) is 9.47 Å². The average molecular weight is 178 g/mol. The molecule has 3 heteroatoms. The lowest BCUT2D eigenvalue weighted by Crippen LogP contribution is -1.94. The molecule has 1 aliphatic rings. The fourth-order valence-corrected chi connectivity index (χ4v) is 1.36. The summed E-state index contributed by atoms with van der Waals surface area (Å²) in [6, 6.07) is 3.30. The van der Waals surface area contributed by atoms with Crippen LogP contribution in [0, 0.1) is 0 Å². The lowest BCUT2D eigenvalue weighted by molar-refractivity contribution is 0.173. The quantitative estimate of drug-likeness (QED) is 0.702. The van der Waals surface area contributed by atoms with Gasteiger partial charge in [0.1, 0.15) is 5.75 Å². The molecule has 1 heterocycles. The van der Waals surface area contributed by atoms with Gasteiger partial charge in [-0.05, 0) is 18.6 Å². The van der Waals surface area contributed by atoms with Crippen LogP contribution in [0.4, 0.5) is 0 Å². The SMILES string of the molecule is C=CCc1c(O)ccc2c1OCO2. The summed E-state index contributed by atoms with van der Waals surface area (Å²) in [7, 11) is 0. The van der Waals surface area contributed by atoms with Gasteiger partial charge in [-0.25, -0.2) is 0 Å². The van der Waals surface area contributed by atoms with Crippen LogP contribution in [-0.4, -0.2) is 11.9 Å². The van der Waals surface area contributed by atoms with Crippen molar-refractivity contribution < 1.29 is 14.6 Å². The predicted octanol–water partition coefficient (Wildman–Crippen LogP) is 1.85. The fourth-order valence-electron chi connectivity index (χ4n) is 1.36. The van der Waals surface area contributed by atoms with Gasteiger partial charge in [0.05, 0.1) is 0 Å². The number of rotatable bonds is 2. The first-order valence-corrected chi connectivity index (χ1v) is 4.04. The van der Waals surface area contributed by atoms with Gasteiger partial charge in [-0.15, -0.1) is 6.58 Å². The molecular formula is C10H10O3. The Labute approximate surface area is 76.2 Å². The Kier molecular flexibility index (Phi) is 1.85. The minimum absolute atomic E-state index is 0.225. The molecule has 1 N–H and O–H groups in total. The van der Waals surface area contributed by atoms with Crippen molar-refractivity contribution >= 4 is 0 Å². The predicted molar refractivity (Wildman–Crippen MR) is 48.1 cm³/mol. The van der Waals surface area contributed by atoms with Crippen molar-refractivity contribution in [2.45, 2.75) is 6.42 Å². The zero-order chi connectivity index (χ0) is 9.26. The molecule has 0 unspecified atom stereocenters. The van der Waals surface area contributed by atoms with Gasteiger partial charge in [0.2, 0.25) is 6.79 Å². The molecule has 0 bridgehead atoms.